The highest BCUT2D eigenvalue weighted by molar-refractivity contribution is 6.13. The lowest BCUT2D eigenvalue weighted by atomic mass is 9.81. The second-order valence-electron chi connectivity index (χ2n) is 15.3. The van der Waals surface area contributed by atoms with E-state index < -0.39 is 0 Å². The molecule has 0 amide bonds. The summed E-state index contributed by atoms with van der Waals surface area (Å²) in [6, 6.07) is 63.9. The molecule has 0 bridgehead atoms. The van der Waals surface area contributed by atoms with Crippen LogP contribution in [0.4, 0.5) is 5.69 Å². The van der Waals surface area contributed by atoms with Gasteiger partial charge in [0.05, 0.1) is 28.6 Å². The number of benzene rings is 8. The van der Waals surface area contributed by atoms with E-state index in [2.05, 4.69) is 198 Å². The van der Waals surface area contributed by atoms with Crippen LogP contribution >= 0.6 is 0 Å². The van der Waals surface area contributed by atoms with E-state index in [0.717, 1.165) is 11.4 Å². The van der Waals surface area contributed by atoms with Crippen LogP contribution in [-0.4, -0.2) is 9.13 Å². The molecule has 3 heteroatoms. The maximum Gasteiger partial charge on any atom is 0.187 e. The van der Waals surface area contributed by atoms with Crippen molar-refractivity contribution in [1.82, 2.24) is 9.13 Å². The van der Waals surface area contributed by atoms with Crippen LogP contribution in [0.25, 0.3) is 93.2 Å². The zero-order valence-corrected chi connectivity index (χ0v) is 30.6. The summed E-state index contributed by atoms with van der Waals surface area (Å²) in [4.78, 5) is 3.72. The minimum atomic E-state index is -0.191. The number of rotatable bonds is 4. The summed E-state index contributed by atoms with van der Waals surface area (Å²) in [6.45, 7) is 12.1. The van der Waals surface area contributed by atoms with Gasteiger partial charge in [0, 0.05) is 38.3 Å². The standard InChI is InChI=1S/C52H35N3/c1-52(2)46-29-34(18-23-40(46)41-26-22-37(53-3)32-47(41)52)33-21-27-49-45(28-33)44-25-20-36(31-51(44)55(49)39-14-8-5-9-15-39)35-19-24-43-42-16-10-11-17-48(42)54(50(43)30-35)38-12-6-4-7-13-38/h4-32H,1-2H3. The lowest BCUT2D eigenvalue weighted by Crippen LogP contribution is -2.14. The van der Waals surface area contributed by atoms with Gasteiger partial charge in [-0.1, -0.05) is 129 Å². The first kappa shape index (κ1) is 31.4. The molecule has 0 saturated carbocycles. The quantitative estimate of drug-likeness (QED) is 0.162. The first-order chi connectivity index (χ1) is 27.0. The van der Waals surface area contributed by atoms with E-state index in [9.17, 15) is 0 Å². The van der Waals surface area contributed by atoms with E-state index in [1.165, 1.54) is 88.1 Å². The molecular weight excluding hydrogens is 667 g/mol. The van der Waals surface area contributed by atoms with Crippen molar-refractivity contribution in [2.75, 3.05) is 0 Å². The Morgan fingerprint density at radius 1 is 0.400 bits per heavy atom. The molecule has 0 saturated heterocycles. The Bertz CT molecular complexity index is 3230. The molecule has 8 aromatic carbocycles. The number of fused-ring (bicyclic) bond motifs is 9. The Morgan fingerprint density at radius 3 is 1.53 bits per heavy atom. The Labute approximate surface area is 319 Å². The van der Waals surface area contributed by atoms with Crippen molar-refractivity contribution in [3.05, 3.63) is 198 Å². The molecule has 1 aliphatic carbocycles. The Kier molecular flexibility index (Phi) is 6.66. The smallest absolute Gasteiger partial charge is 0.187 e. The molecule has 0 radical (unpaired) electrons. The maximum atomic E-state index is 7.59. The molecule has 0 N–H and O–H groups in total. The van der Waals surface area contributed by atoms with Crippen molar-refractivity contribution < 1.29 is 0 Å². The number of nitrogens with zero attached hydrogens (tertiary/aromatic N) is 3. The van der Waals surface area contributed by atoms with Gasteiger partial charge in [-0.15, -0.1) is 0 Å². The van der Waals surface area contributed by atoms with Crippen LogP contribution < -0.4 is 0 Å². The molecule has 2 aromatic heterocycles. The van der Waals surface area contributed by atoms with Crippen LogP contribution in [0.3, 0.4) is 0 Å². The summed E-state index contributed by atoms with van der Waals surface area (Å²) < 4.78 is 4.80. The third-order valence-corrected chi connectivity index (χ3v) is 11.9. The molecule has 1 aliphatic rings. The average molecular weight is 702 g/mol. The molecule has 10 aromatic rings. The lowest BCUT2D eigenvalue weighted by molar-refractivity contribution is 0.661. The summed E-state index contributed by atoms with van der Waals surface area (Å²) >= 11 is 0. The van der Waals surface area contributed by atoms with Crippen molar-refractivity contribution in [2.45, 2.75) is 19.3 Å². The second-order valence-corrected chi connectivity index (χ2v) is 15.3. The lowest BCUT2D eigenvalue weighted by Gasteiger charge is -2.22. The van der Waals surface area contributed by atoms with Crippen LogP contribution in [0.2, 0.25) is 0 Å². The molecule has 2 heterocycles. The number of para-hydroxylation sites is 3. The molecule has 258 valence electrons. The van der Waals surface area contributed by atoms with Crippen molar-refractivity contribution in [3.8, 4) is 44.8 Å². The maximum absolute atomic E-state index is 7.59. The van der Waals surface area contributed by atoms with Gasteiger partial charge in [0.25, 0.3) is 0 Å². The van der Waals surface area contributed by atoms with Gasteiger partial charge in [-0.2, -0.15) is 0 Å². The van der Waals surface area contributed by atoms with E-state index in [-0.39, 0.29) is 5.41 Å². The SMILES string of the molecule is [C-]#[N+]c1ccc2c(c1)C(C)(C)c1cc(-c3ccc4c(c3)c3ccc(-c5ccc6c7ccccc7n(-c7ccccc7)c6c5)cc3n4-c3ccccc3)ccc1-2. The fraction of sp³-hybridized carbons (Fsp3) is 0.0577. The van der Waals surface area contributed by atoms with Gasteiger partial charge >= 0.3 is 0 Å². The topological polar surface area (TPSA) is 14.2 Å². The van der Waals surface area contributed by atoms with Gasteiger partial charge < -0.3 is 9.13 Å². The summed E-state index contributed by atoms with van der Waals surface area (Å²) in [5.74, 6) is 0. The van der Waals surface area contributed by atoms with Gasteiger partial charge in [0.2, 0.25) is 0 Å². The zero-order valence-electron chi connectivity index (χ0n) is 30.6. The number of aromatic nitrogens is 2. The van der Waals surface area contributed by atoms with E-state index in [0.29, 0.717) is 5.69 Å². The summed E-state index contributed by atoms with van der Waals surface area (Å²) in [6.07, 6.45) is 0. The first-order valence-electron chi connectivity index (χ1n) is 18.9. The number of hydrogen-bond donors (Lipinski definition) is 0. The fourth-order valence-corrected chi connectivity index (χ4v) is 9.22. The molecule has 11 rings (SSSR count). The minimum Gasteiger partial charge on any atom is -0.309 e. The largest absolute Gasteiger partial charge is 0.309 e. The minimum absolute atomic E-state index is 0.191. The van der Waals surface area contributed by atoms with Crippen molar-refractivity contribution in [1.29, 1.82) is 0 Å². The normalized spacial score (nSPS) is 13.0. The van der Waals surface area contributed by atoms with E-state index in [1.54, 1.807) is 0 Å². The van der Waals surface area contributed by atoms with Crippen LogP contribution in [0.5, 0.6) is 0 Å². The Hall–Kier alpha value is -7.15. The summed E-state index contributed by atoms with van der Waals surface area (Å²) in [5.41, 5.74) is 17.4. The molecule has 0 unspecified atom stereocenters. The predicted molar refractivity (Wildman–Crippen MR) is 230 cm³/mol. The second kappa shape index (κ2) is 11.7. The summed E-state index contributed by atoms with van der Waals surface area (Å²) in [5, 5.41) is 4.97. The number of hydrogen-bond acceptors (Lipinski definition) is 0. The predicted octanol–water partition coefficient (Wildman–Crippen LogP) is 14.1. The molecule has 55 heavy (non-hydrogen) atoms. The molecule has 0 spiro atoms. The molecular formula is C52H35N3. The van der Waals surface area contributed by atoms with Gasteiger partial charge in [-0.3, -0.25) is 0 Å². The van der Waals surface area contributed by atoms with Crippen molar-refractivity contribution >= 4 is 49.3 Å². The van der Waals surface area contributed by atoms with Crippen molar-refractivity contribution in [3.63, 3.8) is 0 Å². The Balaban J connectivity index is 1.08. The van der Waals surface area contributed by atoms with E-state index in [4.69, 9.17) is 6.57 Å². The fourth-order valence-electron chi connectivity index (χ4n) is 9.22. The molecule has 3 nitrogen and oxygen atoms in total. The Morgan fingerprint density at radius 2 is 0.873 bits per heavy atom. The van der Waals surface area contributed by atoms with Gasteiger partial charge in [0.1, 0.15) is 0 Å². The van der Waals surface area contributed by atoms with E-state index in [1.807, 2.05) is 6.07 Å². The van der Waals surface area contributed by atoms with E-state index >= 15 is 0 Å². The van der Waals surface area contributed by atoms with Crippen LogP contribution in [-0.2, 0) is 5.41 Å². The van der Waals surface area contributed by atoms with Crippen LogP contribution in [0.15, 0.2) is 176 Å². The molecule has 0 fully saturated rings. The monoisotopic (exact) mass is 701 g/mol. The van der Waals surface area contributed by atoms with Crippen molar-refractivity contribution in [2.24, 2.45) is 0 Å². The van der Waals surface area contributed by atoms with Crippen LogP contribution in [0.1, 0.15) is 25.0 Å². The first-order valence-corrected chi connectivity index (χ1v) is 18.9. The van der Waals surface area contributed by atoms with Gasteiger partial charge in [-0.05, 0) is 105 Å². The average Bonchev–Trinajstić information content (AvgIpc) is 3.83. The highest BCUT2D eigenvalue weighted by Gasteiger charge is 2.35. The third kappa shape index (κ3) is 4.62. The highest BCUT2D eigenvalue weighted by atomic mass is 15.0. The van der Waals surface area contributed by atoms with Crippen LogP contribution in [0, 0.1) is 6.57 Å². The third-order valence-electron chi connectivity index (χ3n) is 11.9. The molecule has 0 atom stereocenters. The molecule has 0 aliphatic heterocycles. The highest BCUT2D eigenvalue weighted by Crippen LogP contribution is 2.51. The summed E-state index contributed by atoms with van der Waals surface area (Å²) in [7, 11) is 0. The van der Waals surface area contributed by atoms with Gasteiger partial charge in [0.15, 0.2) is 5.69 Å². The van der Waals surface area contributed by atoms with Gasteiger partial charge in [-0.25, -0.2) is 4.85 Å². The zero-order chi connectivity index (χ0) is 36.8.